The van der Waals surface area contributed by atoms with E-state index in [2.05, 4.69) is 20.2 Å². The average molecular weight is 419 g/mol. The van der Waals surface area contributed by atoms with Gasteiger partial charge in [-0.1, -0.05) is 23.7 Å². The summed E-state index contributed by atoms with van der Waals surface area (Å²) in [6.45, 7) is 2.35. The fourth-order valence-electron chi connectivity index (χ4n) is 3.80. The maximum atomic E-state index is 13.9. The molecule has 0 aliphatic carbocycles. The van der Waals surface area contributed by atoms with Crippen molar-refractivity contribution in [3.63, 3.8) is 0 Å². The van der Waals surface area contributed by atoms with Crippen molar-refractivity contribution in [2.75, 3.05) is 19.6 Å². The lowest BCUT2D eigenvalue weighted by atomic mass is 10.0. The van der Waals surface area contributed by atoms with Crippen LogP contribution in [-0.4, -0.2) is 40.4 Å². The van der Waals surface area contributed by atoms with E-state index in [0.717, 1.165) is 31.5 Å². The lowest BCUT2D eigenvalue weighted by molar-refractivity contribution is 0.0939. The predicted octanol–water partition coefficient (Wildman–Crippen LogP) is 4.58. The number of nitrogens with zero attached hydrogens (tertiary/aromatic N) is 1. The minimum Gasteiger partial charge on any atom is -0.350 e. The average Bonchev–Trinajstić information content (AvgIpc) is 3.30. The zero-order valence-corrected chi connectivity index (χ0v) is 16.7. The maximum Gasteiger partial charge on any atom is 0.253 e. The van der Waals surface area contributed by atoms with Crippen LogP contribution in [0.1, 0.15) is 34.8 Å². The highest BCUT2D eigenvalue weighted by molar-refractivity contribution is 7.71. The third kappa shape index (κ3) is 3.97. The summed E-state index contributed by atoms with van der Waals surface area (Å²) in [5, 5.41) is 3.63. The van der Waals surface area contributed by atoms with Gasteiger partial charge in [0.1, 0.15) is 5.82 Å². The van der Waals surface area contributed by atoms with Gasteiger partial charge in [0.05, 0.1) is 22.6 Å². The van der Waals surface area contributed by atoms with Crippen molar-refractivity contribution >= 4 is 40.8 Å². The molecule has 0 bridgehead atoms. The molecular weight excluding hydrogens is 399 g/mol. The van der Waals surface area contributed by atoms with Crippen LogP contribution >= 0.6 is 23.8 Å². The van der Waals surface area contributed by atoms with Crippen molar-refractivity contribution < 1.29 is 9.18 Å². The van der Waals surface area contributed by atoms with Crippen LogP contribution in [0.5, 0.6) is 0 Å². The number of H-pyrrole nitrogens is 2. The second kappa shape index (κ2) is 8.03. The molecule has 1 saturated heterocycles. The highest BCUT2D eigenvalue weighted by atomic mass is 35.5. The smallest absolute Gasteiger partial charge is 0.253 e. The molecule has 2 aromatic carbocycles. The predicted molar refractivity (Wildman–Crippen MR) is 111 cm³/mol. The highest BCUT2D eigenvalue weighted by Crippen LogP contribution is 2.27. The fourth-order valence-corrected chi connectivity index (χ4v) is 4.21. The number of imidazole rings is 1. The molecule has 3 aromatic rings. The van der Waals surface area contributed by atoms with Crippen LogP contribution in [-0.2, 0) is 0 Å². The van der Waals surface area contributed by atoms with E-state index in [-0.39, 0.29) is 17.5 Å². The van der Waals surface area contributed by atoms with Gasteiger partial charge in [-0.15, -0.1) is 0 Å². The summed E-state index contributed by atoms with van der Waals surface area (Å²) in [4.78, 5) is 21.0. The Bertz CT molecular complexity index is 1070. The van der Waals surface area contributed by atoms with Crippen LogP contribution < -0.4 is 5.32 Å². The maximum absolute atomic E-state index is 13.9. The first-order valence-electron chi connectivity index (χ1n) is 9.20. The fraction of sp³-hybridized carbons (Fsp3) is 0.300. The van der Waals surface area contributed by atoms with Gasteiger partial charge >= 0.3 is 0 Å². The first kappa shape index (κ1) is 19.1. The molecule has 1 aromatic heterocycles. The Labute approximate surface area is 171 Å². The number of fused-ring (bicyclic) bond motifs is 1. The minimum atomic E-state index is -0.492. The molecule has 1 unspecified atom stereocenters. The topological polar surface area (TPSA) is 63.9 Å². The van der Waals surface area contributed by atoms with E-state index >= 15 is 0 Å². The molecule has 0 saturated carbocycles. The molecule has 146 valence electrons. The summed E-state index contributed by atoms with van der Waals surface area (Å²) in [6, 6.07) is 10.3. The molecule has 1 atom stereocenters. The number of aromatic amines is 2. The Kier molecular flexibility index (Phi) is 5.48. The summed E-state index contributed by atoms with van der Waals surface area (Å²) >= 11 is 11.2. The van der Waals surface area contributed by atoms with Crippen molar-refractivity contribution in [3.8, 4) is 0 Å². The minimum absolute atomic E-state index is 0.0129. The number of halogens is 2. The van der Waals surface area contributed by atoms with Crippen LogP contribution in [0.4, 0.5) is 4.39 Å². The molecule has 1 fully saturated rings. The molecule has 8 heteroatoms. The van der Waals surface area contributed by atoms with Gasteiger partial charge in [-0.2, -0.15) is 0 Å². The van der Waals surface area contributed by atoms with E-state index in [1.54, 1.807) is 0 Å². The van der Waals surface area contributed by atoms with E-state index in [1.165, 1.54) is 12.1 Å². The number of likely N-dealkylation sites (tertiary alicyclic amines) is 1. The first-order chi connectivity index (χ1) is 13.5. The van der Waals surface area contributed by atoms with Gasteiger partial charge in [0.25, 0.3) is 5.91 Å². The summed E-state index contributed by atoms with van der Waals surface area (Å²) < 4.78 is 14.3. The third-order valence-electron chi connectivity index (χ3n) is 5.11. The number of hydrogen-bond acceptors (Lipinski definition) is 3. The second-order valence-electron chi connectivity index (χ2n) is 6.98. The van der Waals surface area contributed by atoms with Crippen LogP contribution in [0.25, 0.3) is 11.0 Å². The molecule has 1 aliphatic heterocycles. The van der Waals surface area contributed by atoms with E-state index in [4.69, 9.17) is 23.8 Å². The Morgan fingerprint density at radius 2 is 2.04 bits per heavy atom. The number of amides is 1. The standard InChI is InChI=1S/C20H20ClFN4OS/c21-13-5-3-4-12(8-13)17(26-6-1-2-7-26)11-23-19(27)15-9-14(22)10-16-18(15)25-20(28)24-16/h3-5,8-10,17H,1-2,6-7,11H2,(H,23,27)(H2,24,25,28). The van der Waals surface area contributed by atoms with E-state index in [0.29, 0.717) is 27.4 Å². The lowest BCUT2D eigenvalue weighted by Gasteiger charge is -2.28. The van der Waals surface area contributed by atoms with E-state index in [1.807, 2.05) is 24.3 Å². The number of hydrogen-bond donors (Lipinski definition) is 3. The number of carbonyl (C=O) groups excluding carboxylic acids is 1. The zero-order chi connectivity index (χ0) is 19.7. The lowest BCUT2D eigenvalue weighted by Crippen LogP contribution is -2.37. The summed E-state index contributed by atoms with van der Waals surface area (Å²) in [7, 11) is 0. The molecule has 1 aliphatic rings. The monoisotopic (exact) mass is 418 g/mol. The Hall–Kier alpha value is -2.22. The van der Waals surface area contributed by atoms with Crippen molar-refractivity contribution in [2.45, 2.75) is 18.9 Å². The van der Waals surface area contributed by atoms with Gasteiger partial charge in [-0.3, -0.25) is 9.69 Å². The van der Waals surface area contributed by atoms with E-state index in [9.17, 15) is 9.18 Å². The Balaban J connectivity index is 1.59. The molecule has 28 heavy (non-hydrogen) atoms. The molecule has 0 radical (unpaired) electrons. The molecule has 5 nitrogen and oxygen atoms in total. The Morgan fingerprint density at radius 3 is 2.79 bits per heavy atom. The number of benzene rings is 2. The molecule has 1 amide bonds. The number of rotatable bonds is 5. The normalized spacial score (nSPS) is 15.8. The highest BCUT2D eigenvalue weighted by Gasteiger charge is 2.25. The van der Waals surface area contributed by atoms with Gasteiger partial charge in [0.15, 0.2) is 4.77 Å². The van der Waals surface area contributed by atoms with Crippen molar-refractivity contribution in [1.29, 1.82) is 0 Å². The first-order valence-corrected chi connectivity index (χ1v) is 9.99. The zero-order valence-electron chi connectivity index (χ0n) is 15.1. The van der Waals surface area contributed by atoms with Crippen LogP contribution in [0.3, 0.4) is 0 Å². The van der Waals surface area contributed by atoms with E-state index < -0.39 is 5.82 Å². The van der Waals surface area contributed by atoms with Crippen molar-refractivity contribution in [2.24, 2.45) is 0 Å². The molecular formula is C20H20ClFN4OS. The summed E-state index contributed by atoms with van der Waals surface area (Å²) in [5.41, 5.74) is 2.26. The number of nitrogens with one attached hydrogen (secondary N) is 3. The molecule has 4 rings (SSSR count). The van der Waals surface area contributed by atoms with Gasteiger partial charge in [-0.25, -0.2) is 4.39 Å². The van der Waals surface area contributed by atoms with Gasteiger partial charge in [-0.05, 0) is 68.0 Å². The Morgan fingerprint density at radius 1 is 1.25 bits per heavy atom. The largest absolute Gasteiger partial charge is 0.350 e. The quantitative estimate of drug-likeness (QED) is 0.531. The third-order valence-corrected chi connectivity index (χ3v) is 5.54. The van der Waals surface area contributed by atoms with Crippen LogP contribution in [0.15, 0.2) is 36.4 Å². The van der Waals surface area contributed by atoms with Crippen molar-refractivity contribution in [3.05, 3.63) is 63.1 Å². The van der Waals surface area contributed by atoms with Gasteiger partial charge in [0, 0.05) is 11.6 Å². The SMILES string of the molecule is O=C(NCC(c1cccc(Cl)c1)N1CCCC1)c1cc(F)cc2[nH]c(=S)[nH]c12. The molecule has 2 heterocycles. The van der Waals surface area contributed by atoms with Crippen LogP contribution in [0, 0.1) is 10.6 Å². The second-order valence-corrected chi connectivity index (χ2v) is 7.82. The molecule has 3 N–H and O–H groups in total. The van der Waals surface area contributed by atoms with Crippen molar-refractivity contribution in [1.82, 2.24) is 20.2 Å². The number of carbonyl (C=O) groups is 1. The summed E-state index contributed by atoms with van der Waals surface area (Å²) in [6.07, 6.45) is 2.27. The molecule has 0 spiro atoms. The van der Waals surface area contributed by atoms with Gasteiger partial charge < -0.3 is 15.3 Å². The number of aromatic nitrogens is 2. The van der Waals surface area contributed by atoms with Gasteiger partial charge in [0.2, 0.25) is 0 Å². The summed E-state index contributed by atoms with van der Waals surface area (Å²) in [5.74, 6) is -0.838. The van der Waals surface area contributed by atoms with Crippen LogP contribution in [0.2, 0.25) is 5.02 Å².